The second kappa shape index (κ2) is 7.89. The highest BCUT2D eigenvalue weighted by Crippen LogP contribution is 2.14. The van der Waals surface area contributed by atoms with E-state index in [0.717, 1.165) is 24.5 Å². The number of hydrogen-bond donors (Lipinski definition) is 1. The number of thiazole rings is 1. The van der Waals surface area contributed by atoms with Crippen LogP contribution in [0.25, 0.3) is 0 Å². The van der Waals surface area contributed by atoms with E-state index in [4.69, 9.17) is 4.74 Å². The number of rotatable bonds is 8. The zero-order valence-corrected chi connectivity index (χ0v) is 13.9. The summed E-state index contributed by atoms with van der Waals surface area (Å²) in [6.45, 7) is 4.37. The van der Waals surface area contributed by atoms with E-state index in [-0.39, 0.29) is 0 Å². The van der Waals surface area contributed by atoms with E-state index in [1.54, 1.807) is 17.5 Å². The molecule has 0 amide bonds. The minimum atomic E-state index is 0.357. The lowest BCUT2D eigenvalue weighted by molar-refractivity contribution is 0.302. The lowest BCUT2D eigenvalue weighted by atomic mass is 10.2. The molecular weight excluding hydrogens is 308 g/mol. The van der Waals surface area contributed by atoms with E-state index in [2.05, 4.69) is 34.5 Å². The molecule has 23 heavy (non-hydrogen) atoms. The lowest BCUT2D eigenvalue weighted by Gasteiger charge is -2.14. The van der Waals surface area contributed by atoms with E-state index in [9.17, 15) is 0 Å². The normalized spacial score (nSPS) is 12.2. The number of nitrogens with one attached hydrogen (secondary N) is 1. The van der Waals surface area contributed by atoms with Gasteiger partial charge < -0.3 is 10.1 Å². The molecule has 0 bridgehead atoms. The Morgan fingerprint density at radius 1 is 1.30 bits per heavy atom. The largest absolute Gasteiger partial charge is 0.487 e. The average Bonchev–Trinajstić information content (AvgIpc) is 3.25. The smallest absolute Gasteiger partial charge is 0.131 e. The van der Waals surface area contributed by atoms with Crippen molar-refractivity contribution in [1.82, 2.24) is 20.1 Å². The summed E-state index contributed by atoms with van der Waals surface area (Å²) in [7, 11) is 0. The maximum atomic E-state index is 5.71. The highest BCUT2D eigenvalue weighted by Gasteiger charge is 2.03. The van der Waals surface area contributed by atoms with Crippen LogP contribution in [0.4, 0.5) is 0 Å². The summed E-state index contributed by atoms with van der Waals surface area (Å²) in [4.78, 5) is 4.20. The Bertz CT molecular complexity index is 680. The molecule has 3 rings (SSSR count). The highest BCUT2D eigenvalue weighted by atomic mass is 32.1. The Balaban J connectivity index is 1.43. The first-order valence-corrected chi connectivity index (χ1v) is 8.53. The second-order valence-corrected chi connectivity index (χ2v) is 6.14. The third-order valence-electron chi connectivity index (χ3n) is 3.47. The van der Waals surface area contributed by atoms with Gasteiger partial charge in [-0.15, -0.1) is 11.3 Å². The molecule has 0 fully saturated rings. The molecule has 0 aliphatic heterocycles. The van der Waals surface area contributed by atoms with Gasteiger partial charge in [-0.1, -0.05) is 12.1 Å². The third kappa shape index (κ3) is 4.91. The predicted molar refractivity (Wildman–Crippen MR) is 91.4 cm³/mol. The maximum Gasteiger partial charge on any atom is 0.131 e. The summed E-state index contributed by atoms with van der Waals surface area (Å²) in [5.41, 5.74) is 4.02. The van der Waals surface area contributed by atoms with Crippen molar-refractivity contribution in [3.8, 4) is 5.75 Å². The monoisotopic (exact) mass is 328 g/mol. The standard InChI is InChI=1S/C17H20N4OS/c1-14(10-21-8-2-7-20-21)18-9-15-3-5-17(6-4-15)22-11-16-12-23-13-19-16/h2-8,12-14,18H,9-11H2,1H3/t14-/m0/s1. The molecule has 2 heterocycles. The molecule has 0 aliphatic rings. The molecule has 0 saturated heterocycles. The molecule has 2 aromatic heterocycles. The number of aromatic nitrogens is 3. The summed E-state index contributed by atoms with van der Waals surface area (Å²) < 4.78 is 7.65. The molecule has 0 radical (unpaired) electrons. The summed E-state index contributed by atoms with van der Waals surface area (Å²) in [5.74, 6) is 0.867. The van der Waals surface area contributed by atoms with E-state index in [0.29, 0.717) is 12.6 Å². The van der Waals surface area contributed by atoms with Crippen molar-refractivity contribution in [3.05, 3.63) is 64.9 Å². The van der Waals surface area contributed by atoms with Crippen LogP contribution in [-0.2, 0) is 19.7 Å². The van der Waals surface area contributed by atoms with E-state index in [1.165, 1.54) is 5.56 Å². The summed E-state index contributed by atoms with van der Waals surface area (Å²) >= 11 is 1.58. The van der Waals surface area contributed by atoms with Gasteiger partial charge in [-0.05, 0) is 30.7 Å². The van der Waals surface area contributed by atoms with Gasteiger partial charge >= 0.3 is 0 Å². The Morgan fingerprint density at radius 3 is 2.87 bits per heavy atom. The zero-order valence-electron chi connectivity index (χ0n) is 13.1. The first-order valence-electron chi connectivity index (χ1n) is 7.59. The minimum absolute atomic E-state index is 0.357. The third-order valence-corrected chi connectivity index (χ3v) is 4.10. The fraction of sp³-hybridized carbons (Fsp3) is 0.294. The average molecular weight is 328 g/mol. The summed E-state index contributed by atoms with van der Waals surface area (Å²) in [5, 5.41) is 9.72. The molecule has 1 atom stereocenters. The molecule has 120 valence electrons. The Hall–Kier alpha value is -2.18. The SMILES string of the molecule is C[C@@H](Cn1cccn1)NCc1ccc(OCc2cscn2)cc1. The van der Waals surface area contributed by atoms with Crippen molar-refractivity contribution in [2.24, 2.45) is 0 Å². The molecule has 0 unspecified atom stereocenters. The van der Waals surface area contributed by atoms with Gasteiger partial charge in [0.2, 0.25) is 0 Å². The van der Waals surface area contributed by atoms with Crippen LogP contribution < -0.4 is 10.1 Å². The minimum Gasteiger partial charge on any atom is -0.487 e. The van der Waals surface area contributed by atoms with Crippen LogP contribution in [0.5, 0.6) is 5.75 Å². The molecule has 1 N–H and O–H groups in total. The first-order chi connectivity index (χ1) is 11.3. The maximum absolute atomic E-state index is 5.71. The van der Waals surface area contributed by atoms with Crippen LogP contribution in [0.15, 0.2) is 53.6 Å². The van der Waals surface area contributed by atoms with Crippen LogP contribution in [0.2, 0.25) is 0 Å². The quantitative estimate of drug-likeness (QED) is 0.690. The summed E-state index contributed by atoms with van der Waals surface area (Å²) in [6, 6.07) is 10.5. The van der Waals surface area contributed by atoms with Crippen molar-refractivity contribution in [3.63, 3.8) is 0 Å². The lowest BCUT2D eigenvalue weighted by Crippen LogP contribution is -2.30. The molecule has 0 saturated carbocycles. The van der Waals surface area contributed by atoms with Crippen LogP contribution in [0, 0.1) is 0 Å². The Kier molecular flexibility index (Phi) is 5.39. The van der Waals surface area contributed by atoms with Gasteiger partial charge in [0.25, 0.3) is 0 Å². The van der Waals surface area contributed by atoms with Crippen molar-refractivity contribution < 1.29 is 4.74 Å². The number of nitrogens with zero attached hydrogens (tertiary/aromatic N) is 3. The van der Waals surface area contributed by atoms with Crippen molar-refractivity contribution >= 4 is 11.3 Å². The van der Waals surface area contributed by atoms with E-state index < -0.39 is 0 Å². The fourth-order valence-corrected chi connectivity index (χ4v) is 2.76. The first kappa shape index (κ1) is 15.7. The molecular formula is C17H20N4OS. The van der Waals surface area contributed by atoms with Crippen molar-refractivity contribution in [2.75, 3.05) is 0 Å². The molecule has 3 aromatic rings. The molecule has 0 aliphatic carbocycles. The molecule has 1 aromatic carbocycles. The summed E-state index contributed by atoms with van der Waals surface area (Å²) in [6.07, 6.45) is 3.78. The van der Waals surface area contributed by atoms with Gasteiger partial charge in [-0.25, -0.2) is 4.98 Å². The Morgan fingerprint density at radius 2 is 2.17 bits per heavy atom. The zero-order chi connectivity index (χ0) is 15.9. The number of benzene rings is 1. The van der Waals surface area contributed by atoms with Crippen LogP contribution in [0.3, 0.4) is 0 Å². The van der Waals surface area contributed by atoms with Gasteiger partial charge in [0.15, 0.2) is 0 Å². The van der Waals surface area contributed by atoms with Gasteiger partial charge in [-0.3, -0.25) is 4.68 Å². The predicted octanol–water partition coefficient (Wildman–Crippen LogP) is 3.10. The molecule has 0 spiro atoms. The van der Waals surface area contributed by atoms with Gasteiger partial charge in [0.05, 0.1) is 17.7 Å². The van der Waals surface area contributed by atoms with Crippen LogP contribution >= 0.6 is 11.3 Å². The molecule has 6 heteroatoms. The van der Waals surface area contributed by atoms with E-state index in [1.807, 2.05) is 40.0 Å². The number of ether oxygens (including phenoxy) is 1. The van der Waals surface area contributed by atoms with Crippen LogP contribution in [0.1, 0.15) is 18.2 Å². The highest BCUT2D eigenvalue weighted by molar-refractivity contribution is 7.07. The fourth-order valence-electron chi connectivity index (χ4n) is 2.22. The second-order valence-electron chi connectivity index (χ2n) is 5.42. The molecule has 5 nitrogen and oxygen atoms in total. The van der Waals surface area contributed by atoms with Gasteiger partial charge in [0, 0.05) is 30.4 Å². The van der Waals surface area contributed by atoms with Crippen LogP contribution in [-0.4, -0.2) is 20.8 Å². The number of hydrogen-bond acceptors (Lipinski definition) is 5. The van der Waals surface area contributed by atoms with Crippen molar-refractivity contribution in [1.29, 1.82) is 0 Å². The van der Waals surface area contributed by atoms with Crippen molar-refractivity contribution in [2.45, 2.75) is 32.7 Å². The van der Waals surface area contributed by atoms with Gasteiger partial charge in [0.1, 0.15) is 12.4 Å². The topological polar surface area (TPSA) is 52.0 Å². The van der Waals surface area contributed by atoms with Gasteiger partial charge in [-0.2, -0.15) is 5.10 Å². The van der Waals surface area contributed by atoms with E-state index >= 15 is 0 Å². The Labute approximate surface area is 140 Å².